The quantitative estimate of drug-likeness (QED) is 0.608. The zero-order chi connectivity index (χ0) is 7.68. The summed E-state index contributed by atoms with van der Waals surface area (Å²) >= 11 is 0. The van der Waals surface area contributed by atoms with Crippen LogP contribution in [0.25, 0.3) is 11.2 Å². The van der Waals surface area contributed by atoms with Gasteiger partial charge in [-0.05, 0) is 0 Å². The Balaban J connectivity index is 2.79. The maximum atomic E-state index is 4.91. The van der Waals surface area contributed by atoms with Crippen LogP contribution in [-0.2, 0) is 0 Å². The number of ether oxygens (including phenoxy) is 1. The van der Waals surface area contributed by atoms with Crippen molar-refractivity contribution in [1.82, 2.24) is 25.4 Å². The van der Waals surface area contributed by atoms with Crippen molar-refractivity contribution in [2.45, 2.75) is 0 Å². The molecule has 2 rings (SSSR count). The Labute approximate surface area is 61.6 Å². The van der Waals surface area contributed by atoms with E-state index in [2.05, 4.69) is 25.4 Å². The van der Waals surface area contributed by atoms with E-state index in [1.165, 1.54) is 13.4 Å². The van der Waals surface area contributed by atoms with E-state index < -0.39 is 0 Å². The summed E-state index contributed by atoms with van der Waals surface area (Å²) in [7, 11) is 1.52. The fourth-order valence-electron chi connectivity index (χ4n) is 0.805. The van der Waals surface area contributed by atoms with Gasteiger partial charge < -0.3 is 4.74 Å². The average molecular weight is 151 g/mol. The summed E-state index contributed by atoms with van der Waals surface area (Å²) < 4.78 is 4.91. The first-order chi connectivity index (χ1) is 5.42. The maximum absolute atomic E-state index is 4.91. The number of hydrogen-bond acceptors (Lipinski definition) is 5. The first-order valence-electron chi connectivity index (χ1n) is 2.97. The third kappa shape index (κ3) is 0.794. The Bertz CT molecular complexity index is 370. The van der Waals surface area contributed by atoms with Gasteiger partial charge in [0.05, 0.1) is 7.11 Å². The number of aromatic nitrogens is 5. The van der Waals surface area contributed by atoms with Gasteiger partial charge in [-0.15, -0.1) is 10.2 Å². The monoisotopic (exact) mass is 151 g/mol. The van der Waals surface area contributed by atoms with Gasteiger partial charge in [-0.3, -0.25) is 0 Å². The van der Waals surface area contributed by atoms with Crippen LogP contribution in [0.3, 0.4) is 0 Å². The summed E-state index contributed by atoms with van der Waals surface area (Å²) in [6.45, 7) is 0. The largest absolute Gasteiger partial charge is 0.479 e. The predicted molar refractivity (Wildman–Crippen MR) is 36.0 cm³/mol. The number of rotatable bonds is 1. The van der Waals surface area contributed by atoms with Gasteiger partial charge in [-0.2, -0.15) is 10.2 Å². The molecule has 0 saturated carbocycles. The lowest BCUT2D eigenvalue weighted by atomic mass is 10.5. The van der Waals surface area contributed by atoms with Crippen molar-refractivity contribution in [2.75, 3.05) is 7.11 Å². The number of nitrogens with zero attached hydrogens (tertiary/aromatic N) is 4. The zero-order valence-corrected chi connectivity index (χ0v) is 5.77. The summed E-state index contributed by atoms with van der Waals surface area (Å²) in [6.07, 6.45) is 1.38. The van der Waals surface area contributed by atoms with Crippen LogP contribution in [0.1, 0.15) is 0 Å². The van der Waals surface area contributed by atoms with Crippen molar-refractivity contribution in [3.63, 3.8) is 0 Å². The van der Waals surface area contributed by atoms with Gasteiger partial charge in [0.25, 0.3) is 0 Å². The maximum Gasteiger partial charge on any atom is 0.247 e. The minimum atomic E-state index is 0.434. The second kappa shape index (κ2) is 2.15. The van der Waals surface area contributed by atoms with Crippen molar-refractivity contribution in [3.05, 3.63) is 6.33 Å². The predicted octanol–water partition coefficient (Wildman–Crippen LogP) is -0.244. The lowest BCUT2D eigenvalue weighted by Gasteiger charge is -1.94. The van der Waals surface area contributed by atoms with Gasteiger partial charge in [0, 0.05) is 0 Å². The topological polar surface area (TPSA) is 76.6 Å². The highest BCUT2D eigenvalue weighted by atomic mass is 16.5. The molecule has 6 nitrogen and oxygen atoms in total. The molecule has 0 aliphatic rings. The molecule has 0 atom stereocenters. The van der Waals surface area contributed by atoms with Crippen molar-refractivity contribution in [1.29, 1.82) is 0 Å². The van der Waals surface area contributed by atoms with Crippen LogP contribution >= 0.6 is 0 Å². The smallest absolute Gasteiger partial charge is 0.247 e. The van der Waals surface area contributed by atoms with E-state index in [0.717, 1.165) is 0 Å². The van der Waals surface area contributed by atoms with Crippen LogP contribution in [0, 0.1) is 0 Å². The van der Waals surface area contributed by atoms with Crippen LogP contribution in [0.5, 0.6) is 5.88 Å². The molecule has 0 saturated heterocycles. The summed E-state index contributed by atoms with van der Waals surface area (Å²) in [5.74, 6) is 0.434. The third-order valence-electron chi connectivity index (χ3n) is 1.28. The number of H-pyrrole nitrogens is 1. The normalized spacial score (nSPS) is 10.3. The van der Waals surface area contributed by atoms with E-state index in [9.17, 15) is 0 Å². The molecule has 2 aromatic rings. The SMILES string of the molecule is COc1ncnc2n[nH]nc12. The molecule has 0 spiro atoms. The summed E-state index contributed by atoms with van der Waals surface area (Å²) in [5.41, 5.74) is 1.06. The van der Waals surface area contributed by atoms with Gasteiger partial charge in [0.1, 0.15) is 6.33 Å². The number of hydrogen-bond donors (Lipinski definition) is 1. The zero-order valence-electron chi connectivity index (χ0n) is 5.77. The molecule has 0 aliphatic carbocycles. The fraction of sp³-hybridized carbons (Fsp3) is 0.200. The van der Waals surface area contributed by atoms with Crippen molar-refractivity contribution in [3.8, 4) is 5.88 Å². The molecule has 0 unspecified atom stereocenters. The highest BCUT2D eigenvalue weighted by Gasteiger charge is 2.05. The minimum Gasteiger partial charge on any atom is -0.479 e. The van der Waals surface area contributed by atoms with Crippen molar-refractivity contribution < 1.29 is 4.74 Å². The number of nitrogens with one attached hydrogen (secondary N) is 1. The van der Waals surface area contributed by atoms with Gasteiger partial charge in [-0.25, -0.2) is 4.98 Å². The Morgan fingerprint density at radius 2 is 2.27 bits per heavy atom. The Morgan fingerprint density at radius 1 is 1.36 bits per heavy atom. The number of aromatic amines is 1. The second-order valence-corrected chi connectivity index (χ2v) is 1.88. The van der Waals surface area contributed by atoms with E-state index in [0.29, 0.717) is 17.0 Å². The molecule has 0 bridgehead atoms. The van der Waals surface area contributed by atoms with E-state index in [1.54, 1.807) is 0 Å². The highest BCUT2D eigenvalue weighted by Crippen LogP contribution is 2.14. The molecule has 0 amide bonds. The van der Waals surface area contributed by atoms with Crippen LogP contribution in [0.15, 0.2) is 6.33 Å². The summed E-state index contributed by atoms with van der Waals surface area (Å²) in [6, 6.07) is 0. The highest BCUT2D eigenvalue weighted by molar-refractivity contribution is 5.73. The van der Waals surface area contributed by atoms with Crippen LogP contribution in [0.2, 0.25) is 0 Å². The van der Waals surface area contributed by atoms with Crippen LogP contribution in [-0.4, -0.2) is 32.5 Å². The van der Waals surface area contributed by atoms with Gasteiger partial charge >= 0.3 is 0 Å². The standard InChI is InChI=1S/C5H5N5O/c1-11-5-3-4(6-2-7-5)9-10-8-3/h2H,1H3,(H,6,7,8,9,10). The summed E-state index contributed by atoms with van der Waals surface area (Å²) in [4.78, 5) is 7.70. The van der Waals surface area contributed by atoms with E-state index in [-0.39, 0.29) is 0 Å². The fourth-order valence-corrected chi connectivity index (χ4v) is 0.805. The molecule has 0 radical (unpaired) electrons. The minimum absolute atomic E-state index is 0.434. The van der Waals surface area contributed by atoms with Gasteiger partial charge in [-0.1, -0.05) is 0 Å². The van der Waals surface area contributed by atoms with E-state index in [4.69, 9.17) is 4.74 Å². The Hall–Kier alpha value is -1.72. The first kappa shape index (κ1) is 6.02. The molecular weight excluding hydrogens is 146 g/mol. The second-order valence-electron chi connectivity index (χ2n) is 1.88. The molecule has 2 heterocycles. The molecule has 56 valence electrons. The van der Waals surface area contributed by atoms with E-state index in [1.807, 2.05) is 0 Å². The van der Waals surface area contributed by atoms with Crippen LogP contribution < -0.4 is 4.74 Å². The van der Waals surface area contributed by atoms with Crippen LogP contribution in [0.4, 0.5) is 0 Å². The lowest BCUT2D eigenvalue weighted by Crippen LogP contribution is -1.89. The molecular formula is C5H5N5O. The average Bonchev–Trinajstić information content (AvgIpc) is 2.50. The molecule has 11 heavy (non-hydrogen) atoms. The lowest BCUT2D eigenvalue weighted by molar-refractivity contribution is 0.401. The third-order valence-corrected chi connectivity index (χ3v) is 1.28. The molecule has 0 aromatic carbocycles. The van der Waals surface area contributed by atoms with E-state index >= 15 is 0 Å². The summed E-state index contributed by atoms with van der Waals surface area (Å²) in [5, 5.41) is 9.99. The molecule has 2 aromatic heterocycles. The Kier molecular flexibility index (Phi) is 1.18. The first-order valence-corrected chi connectivity index (χ1v) is 2.97. The molecule has 0 fully saturated rings. The Morgan fingerprint density at radius 3 is 3.09 bits per heavy atom. The molecule has 0 aliphatic heterocycles. The molecule has 1 N–H and O–H groups in total. The van der Waals surface area contributed by atoms with Crippen molar-refractivity contribution in [2.24, 2.45) is 0 Å². The van der Waals surface area contributed by atoms with Crippen molar-refractivity contribution >= 4 is 11.2 Å². The number of methoxy groups -OCH3 is 1. The number of fused-ring (bicyclic) bond motifs is 1. The van der Waals surface area contributed by atoms with Gasteiger partial charge in [0.2, 0.25) is 11.5 Å². The molecule has 6 heteroatoms. The van der Waals surface area contributed by atoms with Gasteiger partial charge in [0.15, 0.2) is 5.52 Å².